The third kappa shape index (κ3) is 7.71. The summed E-state index contributed by atoms with van der Waals surface area (Å²) in [6.07, 6.45) is 4.17. The van der Waals surface area contributed by atoms with Crippen LogP contribution in [0.4, 0.5) is 0 Å². The molecule has 0 heterocycles. The van der Waals surface area contributed by atoms with E-state index >= 15 is 0 Å². The van der Waals surface area contributed by atoms with Gasteiger partial charge in [0.2, 0.25) is 0 Å². The lowest BCUT2D eigenvalue weighted by molar-refractivity contribution is 0.253. The summed E-state index contributed by atoms with van der Waals surface area (Å²) in [7, 11) is 0. The van der Waals surface area contributed by atoms with Gasteiger partial charge in [0.05, 0.1) is 0 Å². The summed E-state index contributed by atoms with van der Waals surface area (Å²) in [5.74, 6) is 1.85. The predicted molar refractivity (Wildman–Crippen MR) is 117 cm³/mol. The summed E-state index contributed by atoms with van der Waals surface area (Å²) in [5.41, 5.74) is 1.29. The molecule has 0 aromatic heterocycles. The molecule has 2 rings (SSSR count). The topological polar surface area (TPSA) is 56.7 Å². The number of benzene rings is 1. The highest BCUT2D eigenvalue weighted by Gasteiger charge is 2.39. The Bertz CT molecular complexity index is 535. The Morgan fingerprint density at radius 2 is 2.16 bits per heavy atom. The number of hydrogen-bond acceptors (Lipinski definition) is 2. The molecule has 4 nitrogen and oxygen atoms in total. The molecule has 0 aliphatic heterocycles. The summed E-state index contributed by atoms with van der Waals surface area (Å²) in [4.78, 5) is 4.73. The van der Waals surface area contributed by atoms with Crippen LogP contribution in [0.3, 0.4) is 0 Å². The molecule has 25 heavy (non-hydrogen) atoms. The summed E-state index contributed by atoms with van der Waals surface area (Å²) in [6.45, 7) is 6.11. The number of nitrogens with one attached hydrogen (secondary N) is 2. The largest absolute Gasteiger partial charge is 0.396 e. The Morgan fingerprint density at radius 3 is 2.80 bits per heavy atom. The molecular formula is C19H31ClIN3O. The van der Waals surface area contributed by atoms with E-state index in [0.29, 0.717) is 17.9 Å². The Hall–Kier alpha value is -0.530. The van der Waals surface area contributed by atoms with E-state index in [1.165, 1.54) is 5.56 Å². The van der Waals surface area contributed by atoms with E-state index in [0.717, 1.165) is 49.8 Å². The van der Waals surface area contributed by atoms with Gasteiger partial charge < -0.3 is 15.7 Å². The minimum absolute atomic E-state index is 0. The van der Waals surface area contributed by atoms with Crippen LogP contribution in [0, 0.1) is 5.92 Å². The number of rotatable bonds is 9. The zero-order chi connectivity index (χ0) is 17.4. The molecule has 6 heteroatoms. The minimum atomic E-state index is 0. The van der Waals surface area contributed by atoms with Gasteiger partial charge >= 0.3 is 0 Å². The Balaban J connectivity index is 0.00000312. The maximum Gasteiger partial charge on any atom is 0.191 e. The molecule has 0 bridgehead atoms. The fourth-order valence-corrected chi connectivity index (χ4v) is 3.29. The second-order valence-electron chi connectivity index (χ2n) is 6.53. The van der Waals surface area contributed by atoms with Gasteiger partial charge in [-0.25, -0.2) is 0 Å². The van der Waals surface area contributed by atoms with Crippen molar-refractivity contribution in [1.82, 2.24) is 10.6 Å². The molecule has 1 aromatic rings. The first kappa shape index (κ1) is 22.5. The second kappa shape index (κ2) is 12.0. The van der Waals surface area contributed by atoms with E-state index < -0.39 is 0 Å². The molecule has 1 fully saturated rings. The van der Waals surface area contributed by atoms with Crippen molar-refractivity contribution in [1.29, 1.82) is 0 Å². The highest BCUT2D eigenvalue weighted by molar-refractivity contribution is 14.0. The van der Waals surface area contributed by atoms with E-state index in [9.17, 15) is 5.11 Å². The van der Waals surface area contributed by atoms with Crippen LogP contribution in [-0.4, -0.2) is 36.8 Å². The lowest BCUT2D eigenvalue weighted by Crippen LogP contribution is -2.39. The third-order valence-electron chi connectivity index (χ3n) is 4.48. The highest BCUT2D eigenvalue weighted by Crippen LogP contribution is 2.41. The monoisotopic (exact) mass is 479 g/mol. The molecule has 3 unspecified atom stereocenters. The minimum Gasteiger partial charge on any atom is -0.396 e. The number of aliphatic imine (C=N–C) groups is 1. The Kier molecular flexibility index (Phi) is 10.8. The normalized spacial score (nSPS) is 20.6. The van der Waals surface area contributed by atoms with Crippen LogP contribution in [0.1, 0.15) is 51.0 Å². The zero-order valence-electron chi connectivity index (χ0n) is 15.2. The predicted octanol–water partition coefficient (Wildman–Crippen LogP) is 4.17. The van der Waals surface area contributed by atoms with Crippen LogP contribution < -0.4 is 10.6 Å². The van der Waals surface area contributed by atoms with E-state index in [1.807, 2.05) is 12.1 Å². The van der Waals surface area contributed by atoms with Gasteiger partial charge in [-0.05, 0) is 49.8 Å². The fraction of sp³-hybridized carbons (Fsp3) is 0.632. The van der Waals surface area contributed by atoms with Crippen molar-refractivity contribution in [2.45, 2.75) is 51.5 Å². The average molecular weight is 480 g/mol. The van der Waals surface area contributed by atoms with Crippen LogP contribution in [0.2, 0.25) is 5.02 Å². The van der Waals surface area contributed by atoms with Crippen molar-refractivity contribution in [2.75, 3.05) is 19.7 Å². The summed E-state index contributed by atoms with van der Waals surface area (Å²) < 4.78 is 0. The Morgan fingerprint density at radius 1 is 1.36 bits per heavy atom. The van der Waals surface area contributed by atoms with Gasteiger partial charge in [-0.2, -0.15) is 0 Å². The molecule has 1 aliphatic carbocycles. The maximum absolute atomic E-state index is 9.18. The van der Waals surface area contributed by atoms with Crippen molar-refractivity contribution in [3.8, 4) is 0 Å². The van der Waals surface area contributed by atoms with E-state index in [-0.39, 0.29) is 30.6 Å². The van der Waals surface area contributed by atoms with Crippen LogP contribution in [0.5, 0.6) is 0 Å². The standard InChI is InChI=1S/C19H30ClN3O.HI/c1-3-6-14(9-10-24)13-22-19(21-4-2)23-18-12-17(18)15-7-5-8-16(20)11-15;/h5,7-8,11,14,17-18,24H,3-4,6,9-10,12-13H2,1-2H3,(H2,21,22,23);1H. The first-order chi connectivity index (χ1) is 11.7. The van der Waals surface area contributed by atoms with E-state index in [4.69, 9.17) is 16.6 Å². The van der Waals surface area contributed by atoms with Gasteiger partial charge in [0.25, 0.3) is 0 Å². The highest BCUT2D eigenvalue weighted by atomic mass is 127. The van der Waals surface area contributed by atoms with Crippen molar-refractivity contribution in [3.63, 3.8) is 0 Å². The number of guanidine groups is 1. The molecule has 1 saturated carbocycles. The van der Waals surface area contributed by atoms with Crippen molar-refractivity contribution in [3.05, 3.63) is 34.9 Å². The van der Waals surface area contributed by atoms with Crippen LogP contribution in [-0.2, 0) is 0 Å². The lowest BCUT2D eigenvalue weighted by Gasteiger charge is -2.15. The first-order valence-electron chi connectivity index (χ1n) is 9.09. The van der Waals surface area contributed by atoms with Crippen LogP contribution in [0.15, 0.2) is 29.3 Å². The van der Waals surface area contributed by atoms with E-state index in [1.54, 1.807) is 0 Å². The van der Waals surface area contributed by atoms with Crippen LogP contribution in [0.25, 0.3) is 0 Å². The number of aliphatic hydroxyl groups excluding tert-OH is 1. The number of hydrogen-bond donors (Lipinski definition) is 3. The molecule has 142 valence electrons. The molecule has 3 N–H and O–H groups in total. The fourth-order valence-electron chi connectivity index (χ4n) is 3.09. The van der Waals surface area contributed by atoms with Gasteiger partial charge in [0.15, 0.2) is 5.96 Å². The number of halogens is 2. The molecule has 0 saturated heterocycles. The SMILES string of the molecule is CCCC(CCO)CN=C(NCC)NC1CC1c1cccc(Cl)c1.I. The molecule has 1 aliphatic rings. The molecular weight excluding hydrogens is 449 g/mol. The van der Waals surface area contributed by atoms with Gasteiger partial charge in [-0.1, -0.05) is 37.1 Å². The molecule has 0 radical (unpaired) electrons. The van der Waals surface area contributed by atoms with Gasteiger partial charge in [-0.15, -0.1) is 24.0 Å². The molecule has 0 amide bonds. The van der Waals surface area contributed by atoms with Gasteiger partial charge in [-0.3, -0.25) is 4.99 Å². The first-order valence-corrected chi connectivity index (χ1v) is 9.46. The number of aliphatic hydroxyl groups is 1. The zero-order valence-corrected chi connectivity index (χ0v) is 18.3. The van der Waals surface area contributed by atoms with Crippen molar-refractivity contribution >= 4 is 41.5 Å². The van der Waals surface area contributed by atoms with Crippen LogP contribution >= 0.6 is 35.6 Å². The maximum atomic E-state index is 9.18. The van der Waals surface area contributed by atoms with Gasteiger partial charge in [0, 0.05) is 36.7 Å². The quantitative estimate of drug-likeness (QED) is 0.283. The second-order valence-corrected chi connectivity index (χ2v) is 6.97. The molecule has 1 aromatic carbocycles. The van der Waals surface area contributed by atoms with E-state index in [2.05, 4.69) is 36.6 Å². The smallest absolute Gasteiger partial charge is 0.191 e. The summed E-state index contributed by atoms with van der Waals surface area (Å²) in [6, 6.07) is 8.54. The summed E-state index contributed by atoms with van der Waals surface area (Å²) in [5, 5.41) is 16.8. The van der Waals surface area contributed by atoms with Crippen molar-refractivity contribution in [2.24, 2.45) is 10.9 Å². The lowest BCUT2D eigenvalue weighted by atomic mass is 10.0. The average Bonchev–Trinajstić information content (AvgIpc) is 3.32. The number of nitrogens with zero attached hydrogens (tertiary/aromatic N) is 1. The van der Waals surface area contributed by atoms with Gasteiger partial charge in [0.1, 0.15) is 0 Å². The van der Waals surface area contributed by atoms with Crippen molar-refractivity contribution < 1.29 is 5.11 Å². The Labute approximate surface area is 173 Å². The molecule has 0 spiro atoms. The molecule has 3 atom stereocenters. The summed E-state index contributed by atoms with van der Waals surface area (Å²) >= 11 is 6.09. The third-order valence-corrected chi connectivity index (χ3v) is 4.71.